The number of thiazole rings is 1. The van der Waals surface area contributed by atoms with Gasteiger partial charge in [0, 0.05) is 5.69 Å². The molecule has 0 unspecified atom stereocenters. The van der Waals surface area contributed by atoms with Gasteiger partial charge < -0.3 is 10.4 Å². The molecule has 1 heterocycles. The molecule has 0 bridgehead atoms. The zero-order valence-corrected chi connectivity index (χ0v) is 15.7. The van der Waals surface area contributed by atoms with Crippen LogP contribution < -0.4 is 15.4 Å². The van der Waals surface area contributed by atoms with Crippen LogP contribution in [0.4, 0.5) is 21.3 Å². The Morgan fingerprint density at radius 3 is 2.58 bits per heavy atom. The van der Waals surface area contributed by atoms with Crippen LogP contribution in [0.3, 0.4) is 0 Å². The molecule has 0 atom stereocenters. The monoisotopic (exact) mass is 412 g/mol. The van der Waals surface area contributed by atoms with Gasteiger partial charge in [0.05, 0.1) is 27.2 Å². The molecule has 0 aliphatic carbocycles. The van der Waals surface area contributed by atoms with E-state index in [1.807, 2.05) is 0 Å². The lowest BCUT2D eigenvalue weighted by atomic mass is 10.3. The second-order valence-corrected chi connectivity index (χ2v) is 8.51. The molecule has 0 aliphatic rings. The average Bonchev–Trinajstić information content (AvgIpc) is 2.90. The first-order valence-electron chi connectivity index (χ1n) is 7.14. The first kappa shape index (κ1) is 18.2. The topological polar surface area (TPSA) is 120 Å². The minimum atomic E-state index is -3.37. The Hall–Kier alpha value is -2.56. The van der Waals surface area contributed by atoms with Crippen molar-refractivity contribution < 1.29 is 18.3 Å². The summed E-state index contributed by atoms with van der Waals surface area (Å²) < 4.78 is 25.7. The molecule has 2 aromatic carbocycles. The summed E-state index contributed by atoms with van der Waals surface area (Å²) in [5, 5.41) is 15.0. The maximum absolute atomic E-state index is 12.1. The molecule has 3 aromatic rings. The van der Waals surface area contributed by atoms with E-state index in [9.17, 15) is 18.3 Å². The highest BCUT2D eigenvalue weighted by atomic mass is 35.5. The second kappa shape index (κ2) is 6.98. The molecule has 0 radical (unpaired) electrons. The number of amides is 2. The lowest BCUT2D eigenvalue weighted by Gasteiger charge is -2.06. The summed E-state index contributed by atoms with van der Waals surface area (Å²) >= 11 is 6.99. The summed E-state index contributed by atoms with van der Waals surface area (Å²) in [5.74, 6) is -0.0812. The summed E-state index contributed by atoms with van der Waals surface area (Å²) in [5.41, 5.74) is 1.45. The number of sulfonamides is 1. The van der Waals surface area contributed by atoms with E-state index in [4.69, 9.17) is 11.6 Å². The van der Waals surface area contributed by atoms with Crippen molar-refractivity contribution in [3.8, 4) is 5.75 Å². The predicted molar refractivity (Wildman–Crippen MR) is 104 cm³/mol. The summed E-state index contributed by atoms with van der Waals surface area (Å²) in [6.45, 7) is 0. The Morgan fingerprint density at radius 2 is 1.88 bits per heavy atom. The van der Waals surface area contributed by atoms with Crippen molar-refractivity contribution >= 4 is 65.7 Å². The number of rotatable bonds is 4. The number of carbonyl (C=O) groups is 1. The van der Waals surface area contributed by atoms with E-state index < -0.39 is 16.1 Å². The molecule has 2 amide bonds. The van der Waals surface area contributed by atoms with E-state index in [2.05, 4.69) is 20.3 Å². The number of halogens is 1. The summed E-state index contributed by atoms with van der Waals surface area (Å²) in [4.78, 5) is 16.3. The van der Waals surface area contributed by atoms with Crippen molar-refractivity contribution in [1.29, 1.82) is 0 Å². The van der Waals surface area contributed by atoms with Gasteiger partial charge in [0.1, 0.15) is 5.75 Å². The van der Waals surface area contributed by atoms with Gasteiger partial charge in [-0.15, -0.1) is 0 Å². The third-order valence-corrected chi connectivity index (χ3v) is 4.96. The standard InChI is InChI=1S/C15H13ClN4O4S2/c1-26(23,24)20-9-2-4-11-13(7-9)25-15(18-11)19-14(22)17-8-3-5-12(21)10(16)6-8/h2-7,20-21H,1H3,(H2,17,18,19,22). The maximum Gasteiger partial charge on any atom is 0.325 e. The number of aromatic hydroxyl groups is 1. The number of anilines is 3. The molecule has 136 valence electrons. The number of hydrogen-bond donors (Lipinski definition) is 4. The van der Waals surface area contributed by atoms with Crippen molar-refractivity contribution in [2.75, 3.05) is 21.6 Å². The highest BCUT2D eigenvalue weighted by Crippen LogP contribution is 2.29. The van der Waals surface area contributed by atoms with Crippen molar-refractivity contribution in [3.05, 3.63) is 41.4 Å². The van der Waals surface area contributed by atoms with Gasteiger partial charge in [0.25, 0.3) is 0 Å². The van der Waals surface area contributed by atoms with Crippen molar-refractivity contribution in [1.82, 2.24) is 4.98 Å². The zero-order valence-electron chi connectivity index (χ0n) is 13.3. The van der Waals surface area contributed by atoms with E-state index in [0.29, 0.717) is 26.7 Å². The lowest BCUT2D eigenvalue weighted by Crippen LogP contribution is -2.19. The molecule has 11 heteroatoms. The molecule has 4 N–H and O–H groups in total. The van der Waals surface area contributed by atoms with Gasteiger partial charge in [-0.2, -0.15) is 0 Å². The molecule has 0 aliphatic heterocycles. The van der Waals surface area contributed by atoms with Crippen LogP contribution >= 0.6 is 22.9 Å². The predicted octanol–water partition coefficient (Wildman–Crippen LogP) is 3.67. The van der Waals surface area contributed by atoms with E-state index in [0.717, 1.165) is 6.26 Å². The molecular weight excluding hydrogens is 400 g/mol. The first-order chi connectivity index (χ1) is 12.2. The molecular formula is C15H13ClN4O4S2. The third-order valence-electron chi connectivity index (χ3n) is 3.12. The number of fused-ring (bicyclic) bond motifs is 1. The summed E-state index contributed by atoms with van der Waals surface area (Å²) in [6, 6.07) is 8.64. The van der Waals surface area contributed by atoms with E-state index in [1.165, 1.54) is 29.5 Å². The number of aromatic nitrogens is 1. The maximum atomic E-state index is 12.1. The molecule has 1 aromatic heterocycles. The highest BCUT2D eigenvalue weighted by molar-refractivity contribution is 7.92. The largest absolute Gasteiger partial charge is 0.506 e. The Morgan fingerprint density at radius 1 is 1.15 bits per heavy atom. The second-order valence-electron chi connectivity index (χ2n) is 5.32. The van der Waals surface area contributed by atoms with Gasteiger partial charge in [0.2, 0.25) is 10.0 Å². The minimum absolute atomic E-state index is 0.0812. The number of nitrogens with one attached hydrogen (secondary N) is 3. The van der Waals surface area contributed by atoms with Gasteiger partial charge in [-0.3, -0.25) is 10.0 Å². The van der Waals surface area contributed by atoms with Crippen LogP contribution in [0, 0.1) is 0 Å². The van der Waals surface area contributed by atoms with Gasteiger partial charge in [-0.05, 0) is 36.4 Å². The molecule has 8 nitrogen and oxygen atoms in total. The number of benzene rings is 2. The summed E-state index contributed by atoms with van der Waals surface area (Å²) in [6.07, 6.45) is 1.07. The van der Waals surface area contributed by atoms with E-state index in [1.54, 1.807) is 18.2 Å². The SMILES string of the molecule is CS(=O)(=O)Nc1ccc2nc(NC(=O)Nc3ccc(O)c(Cl)c3)sc2c1. The van der Waals surface area contributed by atoms with Crippen molar-refractivity contribution in [2.24, 2.45) is 0 Å². The average molecular weight is 413 g/mol. The molecule has 0 saturated carbocycles. The van der Waals surface area contributed by atoms with Crippen LogP contribution in [-0.4, -0.2) is 30.8 Å². The Balaban J connectivity index is 1.73. The number of phenols is 1. The van der Waals surface area contributed by atoms with Crippen LogP contribution in [0.2, 0.25) is 5.02 Å². The van der Waals surface area contributed by atoms with Crippen LogP contribution in [0.25, 0.3) is 10.2 Å². The fourth-order valence-electron chi connectivity index (χ4n) is 2.10. The Bertz CT molecular complexity index is 1100. The first-order valence-corrected chi connectivity index (χ1v) is 10.2. The zero-order chi connectivity index (χ0) is 18.9. The van der Waals surface area contributed by atoms with Gasteiger partial charge in [-0.1, -0.05) is 22.9 Å². The molecule has 26 heavy (non-hydrogen) atoms. The van der Waals surface area contributed by atoms with E-state index in [-0.39, 0.29) is 10.8 Å². The van der Waals surface area contributed by atoms with Gasteiger partial charge in [-0.25, -0.2) is 18.2 Å². The number of phenolic OH excluding ortho intramolecular Hbond substituents is 1. The molecule has 3 rings (SSSR count). The highest BCUT2D eigenvalue weighted by Gasteiger charge is 2.10. The quantitative estimate of drug-likeness (QED) is 0.487. The number of carbonyl (C=O) groups excluding carboxylic acids is 1. The Labute approximate surface area is 157 Å². The lowest BCUT2D eigenvalue weighted by molar-refractivity contribution is 0.262. The van der Waals surface area contributed by atoms with Gasteiger partial charge in [0.15, 0.2) is 5.13 Å². The van der Waals surface area contributed by atoms with Crippen molar-refractivity contribution in [3.63, 3.8) is 0 Å². The number of urea groups is 1. The van der Waals surface area contributed by atoms with Crippen molar-refractivity contribution in [2.45, 2.75) is 0 Å². The smallest absolute Gasteiger partial charge is 0.325 e. The fraction of sp³-hybridized carbons (Fsp3) is 0.0667. The molecule has 0 saturated heterocycles. The van der Waals surface area contributed by atoms with Crippen LogP contribution in [0.5, 0.6) is 5.75 Å². The van der Waals surface area contributed by atoms with E-state index >= 15 is 0 Å². The number of hydrogen-bond acceptors (Lipinski definition) is 6. The van der Waals surface area contributed by atoms with Gasteiger partial charge >= 0.3 is 6.03 Å². The number of nitrogens with zero attached hydrogens (tertiary/aromatic N) is 1. The Kier molecular flexibility index (Phi) is 4.90. The fourth-order valence-corrected chi connectivity index (χ4v) is 3.74. The van der Waals surface area contributed by atoms with Crippen LogP contribution in [0.15, 0.2) is 36.4 Å². The third kappa shape index (κ3) is 4.54. The van der Waals surface area contributed by atoms with Crippen LogP contribution in [-0.2, 0) is 10.0 Å². The minimum Gasteiger partial charge on any atom is -0.506 e. The summed E-state index contributed by atoms with van der Waals surface area (Å²) in [7, 11) is -3.37. The molecule has 0 fully saturated rings. The molecule has 0 spiro atoms. The normalized spacial score (nSPS) is 11.3. The van der Waals surface area contributed by atoms with Crippen LogP contribution in [0.1, 0.15) is 0 Å².